The molecule has 2 fully saturated rings. The molecule has 1 aliphatic heterocycles. The number of carbonyl (C=O) groups excluding carboxylic acids is 3. The Kier molecular flexibility index (Phi) is 7.35. The summed E-state index contributed by atoms with van der Waals surface area (Å²) in [5, 5.41) is 2.85. The van der Waals surface area contributed by atoms with E-state index in [2.05, 4.69) is 5.32 Å². The number of urea groups is 1. The van der Waals surface area contributed by atoms with Gasteiger partial charge in [-0.1, -0.05) is 19.3 Å². The first-order valence-corrected chi connectivity index (χ1v) is 11.8. The lowest BCUT2D eigenvalue weighted by Gasteiger charge is -2.33. The second-order valence-corrected chi connectivity index (χ2v) is 8.58. The fraction of sp³-hybridized carbons (Fsp3) is 0.423. The molecule has 2 aliphatic rings. The van der Waals surface area contributed by atoms with Crippen LogP contribution in [0.25, 0.3) is 0 Å². The van der Waals surface area contributed by atoms with Crippen LogP contribution in [0.4, 0.5) is 16.2 Å². The van der Waals surface area contributed by atoms with Crippen molar-refractivity contribution in [2.45, 2.75) is 57.5 Å². The molecule has 1 N–H and O–H groups in total. The average molecular weight is 466 g/mol. The monoisotopic (exact) mass is 465 g/mol. The van der Waals surface area contributed by atoms with Crippen molar-refractivity contribution in [1.82, 2.24) is 4.90 Å². The summed E-state index contributed by atoms with van der Waals surface area (Å²) < 4.78 is 10.6. The number of imide groups is 1. The first-order valence-electron chi connectivity index (χ1n) is 11.8. The summed E-state index contributed by atoms with van der Waals surface area (Å²) in [5.74, 6) is 0.671. The Balaban J connectivity index is 1.53. The van der Waals surface area contributed by atoms with E-state index in [-0.39, 0.29) is 30.3 Å². The number of amides is 4. The molecular formula is C26H31N3O5. The number of hydrogen-bond donors (Lipinski definition) is 1. The Morgan fingerprint density at radius 1 is 0.971 bits per heavy atom. The Morgan fingerprint density at radius 3 is 2.24 bits per heavy atom. The molecule has 4 rings (SSSR count). The largest absolute Gasteiger partial charge is 0.497 e. The van der Waals surface area contributed by atoms with E-state index in [4.69, 9.17) is 9.47 Å². The number of methoxy groups -OCH3 is 1. The molecule has 34 heavy (non-hydrogen) atoms. The predicted octanol–water partition coefficient (Wildman–Crippen LogP) is 4.59. The minimum Gasteiger partial charge on any atom is -0.497 e. The lowest BCUT2D eigenvalue weighted by Crippen LogP contribution is -2.45. The third-order valence-corrected chi connectivity index (χ3v) is 6.38. The number of nitrogens with zero attached hydrogens (tertiary/aromatic N) is 2. The zero-order chi connectivity index (χ0) is 24.1. The standard InChI is InChI=1S/C26H31N3O5/c1-3-34-22-13-9-18(10-14-22)27-24(30)17-23-25(31)29(20-11-15-21(33-2)16-12-20)26(32)28(23)19-7-5-4-6-8-19/h9-16,19,23H,3-8,17H2,1-2H3,(H,27,30)/t23-/m1/s1. The lowest BCUT2D eigenvalue weighted by atomic mass is 9.93. The number of nitrogens with one attached hydrogen (secondary N) is 1. The third-order valence-electron chi connectivity index (χ3n) is 6.38. The van der Waals surface area contributed by atoms with Crippen molar-refractivity contribution in [1.29, 1.82) is 0 Å². The van der Waals surface area contributed by atoms with E-state index in [0.717, 1.165) is 37.9 Å². The minimum atomic E-state index is -0.833. The van der Waals surface area contributed by atoms with Gasteiger partial charge in [0.2, 0.25) is 5.91 Å². The fourth-order valence-corrected chi connectivity index (χ4v) is 4.72. The molecule has 0 bridgehead atoms. The molecule has 2 aromatic rings. The normalized spacial score (nSPS) is 18.8. The summed E-state index contributed by atoms with van der Waals surface area (Å²) in [6, 6.07) is 12.6. The van der Waals surface area contributed by atoms with Gasteiger partial charge in [-0.05, 0) is 68.3 Å². The van der Waals surface area contributed by atoms with Gasteiger partial charge in [-0.3, -0.25) is 9.59 Å². The summed E-state index contributed by atoms with van der Waals surface area (Å²) in [5.41, 5.74) is 1.09. The maximum absolute atomic E-state index is 13.5. The minimum absolute atomic E-state index is 0.0447. The third kappa shape index (κ3) is 5.00. The SMILES string of the molecule is CCOc1ccc(NC(=O)C[C@@H]2C(=O)N(c3ccc(OC)cc3)C(=O)N2C2CCCCC2)cc1. The molecule has 8 nitrogen and oxygen atoms in total. The van der Waals surface area contributed by atoms with Gasteiger partial charge in [-0.15, -0.1) is 0 Å². The first-order chi connectivity index (χ1) is 16.5. The van der Waals surface area contributed by atoms with Gasteiger partial charge in [0.15, 0.2) is 0 Å². The first kappa shape index (κ1) is 23.6. The molecule has 0 aromatic heterocycles. The van der Waals surface area contributed by atoms with Crippen LogP contribution >= 0.6 is 0 Å². The highest BCUT2D eigenvalue weighted by atomic mass is 16.5. The number of anilines is 2. The van der Waals surface area contributed by atoms with Gasteiger partial charge < -0.3 is 19.7 Å². The Morgan fingerprint density at radius 2 is 1.62 bits per heavy atom. The fourth-order valence-electron chi connectivity index (χ4n) is 4.72. The maximum atomic E-state index is 13.5. The molecule has 1 aliphatic carbocycles. The Hall–Kier alpha value is -3.55. The lowest BCUT2D eigenvalue weighted by molar-refractivity contribution is -0.125. The number of hydrogen-bond acceptors (Lipinski definition) is 5. The molecule has 1 saturated heterocycles. The molecule has 4 amide bonds. The van der Waals surface area contributed by atoms with Crippen LogP contribution in [0.3, 0.4) is 0 Å². The molecule has 180 valence electrons. The van der Waals surface area contributed by atoms with Gasteiger partial charge in [-0.25, -0.2) is 9.69 Å². The second kappa shape index (κ2) is 10.6. The van der Waals surface area contributed by atoms with Crippen LogP contribution in [0.5, 0.6) is 11.5 Å². The highest BCUT2D eigenvalue weighted by molar-refractivity contribution is 6.22. The van der Waals surface area contributed by atoms with Crippen molar-refractivity contribution in [3.63, 3.8) is 0 Å². The molecule has 0 spiro atoms. The van der Waals surface area contributed by atoms with Gasteiger partial charge in [0.1, 0.15) is 17.5 Å². The van der Waals surface area contributed by atoms with Crippen LogP contribution in [0.2, 0.25) is 0 Å². The quantitative estimate of drug-likeness (QED) is 0.576. The van der Waals surface area contributed by atoms with Crippen LogP contribution in [0.15, 0.2) is 48.5 Å². The molecule has 1 heterocycles. The van der Waals surface area contributed by atoms with E-state index in [1.165, 1.54) is 4.90 Å². The van der Waals surface area contributed by atoms with Crippen LogP contribution < -0.4 is 19.7 Å². The zero-order valence-electron chi connectivity index (χ0n) is 19.7. The number of carbonyl (C=O) groups is 3. The van der Waals surface area contributed by atoms with Crippen LogP contribution in [-0.4, -0.2) is 48.5 Å². The second-order valence-electron chi connectivity index (χ2n) is 8.58. The molecular weight excluding hydrogens is 434 g/mol. The molecule has 1 atom stereocenters. The van der Waals surface area contributed by atoms with Crippen LogP contribution in [0.1, 0.15) is 45.4 Å². The van der Waals surface area contributed by atoms with Crippen molar-refractivity contribution in [2.24, 2.45) is 0 Å². The average Bonchev–Trinajstić information content (AvgIpc) is 3.10. The van der Waals surface area contributed by atoms with Crippen molar-refractivity contribution in [3.05, 3.63) is 48.5 Å². The topological polar surface area (TPSA) is 88.2 Å². The molecule has 0 unspecified atom stereocenters. The summed E-state index contributed by atoms with van der Waals surface area (Å²) in [6.45, 7) is 2.47. The van der Waals surface area contributed by atoms with Crippen molar-refractivity contribution < 1.29 is 23.9 Å². The van der Waals surface area contributed by atoms with Crippen LogP contribution in [-0.2, 0) is 9.59 Å². The number of ether oxygens (including phenoxy) is 2. The Labute approximate surface area is 199 Å². The van der Waals surface area contributed by atoms with E-state index >= 15 is 0 Å². The molecule has 2 aromatic carbocycles. The summed E-state index contributed by atoms with van der Waals surface area (Å²) in [4.78, 5) is 42.7. The Bertz CT molecular complexity index is 1020. The van der Waals surface area contributed by atoms with Gasteiger partial charge in [0.05, 0.1) is 25.8 Å². The van der Waals surface area contributed by atoms with Gasteiger partial charge in [-0.2, -0.15) is 0 Å². The van der Waals surface area contributed by atoms with Gasteiger partial charge in [0, 0.05) is 11.7 Å². The summed E-state index contributed by atoms with van der Waals surface area (Å²) in [7, 11) is 1.56. The van der Waals surface area contributed by atoms with Gasteiger partial charge >= 0.3 is 6.03 Å². The van der Waals surface area contributed by atoms with Crippen molar-refractivity contribution in [2.75, 3.05) is 23.9 Å². The molecule has 8 heteroatoms. The predicted molar refractivity (Wildman–Crippen MR) is 129 cm³/mol. The van der Waals surface area contributed by atoms with E-state index in [9.17, 15) is 14.4 Å². The zero-order valence-corrected chi connectivity index (χ0v) is 19.7. The highest BCUT2D eigenvalue weighted by Crippen LogP contribution is 2.34. The van der Waals surface area contributed by atoms with Crippen LogP contribution in [0, 0.1) is 0 Å². The number of rotatable bonds is 8. The van der Waals surface area contributed by atoms with E-state index in [1.54, 1.807) is 60.5 Å². The highest BCUT2D eigenvalue weighted by Gasteiger charge is 2.49. The molecule has 0 radical (unpaired) electrons. The van der Waals surface area contributed by atoms with E-state index in [0.29, 0.717) is 23.7 Å². The van der Waals surface area contributed by atoms with E-state index < -0.39 is 6.04 Å². The van der Waals surface area contributed by atoms with E-state index in [1.807, 2.05) is 6.92 Å². The number of benzene rings is 2. The smallest absolute Gasteiger partial charge is 0.332 e. The molecule has 1 saturated carbocycles. The van der Waals surface area contributed by atoms with Gasteiger partial charge in [0.25, 0.3) is 5.91 Å². The van der Waals surface area contributed by atoms with Crippen molar-refractivity contribution in [3.8, 4) is 11.5 Å². The van der Waals surface area contributed by atoms with Crippen molar-refractivity contribution >= 4 is 29.2 Å². The summed E-state index contributed by atoms with van der Waals surface area (Å²) >= 11 is 0. The summed E-state index contributed by atoms with van der Waals surface area (Å²) in [6.07, 6.45) is 4.73. The maximum Gasteiger partial charge on any atom is 0.332 e.